The summed E-state index contributed by atoms with van der Waals surface area (Å²) in [5, 5.41) is 2.65. The van der Waals surface area contributed by atoms with E-state index < -0.39 is 11.7 Å². The van der Waals surface area contributed by atoms with Crippen LogP contribution in [-0.2, 0) is 6.54 Å². The predicted molar refractivity (Wildman–Crippen MR) is 55.4 cm³/mol. The summed E-state index contributed by atoms with van der Waals surface area (Å²) in [7, 11) is 0. The minimum Gasteiger partial charge on any atom is -0.330 e. The van der Waals surface area contributed by atoms with Gasteiger partial charge in [-0.25, -0.2) is 4.98 Å². The minimum absolute atomic E-state index is 0.189. The molecule has 1 N–H and O–H groups in total. The topological polar surface area (TPSA) is 29.9 Å². The Morgan fingerprint density at radius 1 is 1.41 bits per heavy atom. The monoisotopic (exact) mass is 245 g/mol. The van der Waals surface area contributed by atoms with Crippen molar-refractivity contribution < 1.29 is 13.2 Å². The molecule has 0 spiro atoms. The first kappa shape index (κ1) is 11.1. The van der Waals surface area contributed by atoms with Crippen molar-refractivity contribution in [2.45, 2.75) is 50.0 Å². The second-order valence-electron chi connectivity index (χ2n) is 4.96. The van der Waals surface area contributed by atoms with Crippen molar-refractivity contribution in [1.29, 1.82) is 0 Å². The summed E-state index contributed by atoms with van der Waals surface area (Å²) in [6.45, 7) is 0.246. The molecule has 0 bridgehead atoms. The molecule has 0 amide bonds. The summed E-state index contributed by atoms with van der Waals surface area (Å²) in [6, 6.07) is 0.454. The molecule has 3 rings (SSSR count). The summed E-state index contributed by atoms with van der Waals surface area (Å²) in [5.74, 6) is 0. The maximum Gasteiger partial charge on any atom is 0.406 e. The number of nitrogens with zero attached hydrogens (tertiary/aromatic N) is 2. The van der Waals surface area contributed by atoms with Crippen molar-refractivity contribution in [3.05, 3.63) is 18.2 Å². The fraction of sp³-hybridized carbons (Fsp3) is 0.727. The molecule has 1 aromatic heterocycles. The first-order chi connectivity index (χ1) is 8.02. The van der Waals surface area contributed by atoms with Gasteiger partial charge in [-0.2, -0.15) is 13.2 Å². The molecule has 1 aromatic rings. The molecule has 2 fully saturated rings. The van der Waals surface area contributed by atoms with Crippen LogP contribution in [0.1, 0.15) is 37.4 Å². The number of hydrogen-bond donors (Lipinski definition) is 1. The first-order valence-corrected chi connectivity index (χ1v) is 5.84. The lowest BCUT2D eigenvalue weighted by Crippen LogP contribution is -2.44. The van der Waals surface area contributed by atoms with Crippen molar-refractivity contribution in [3.8, 4) is 0 Å². The smallest absolute Gasteiger partial charge is 0.330 e. The molecule has 2 saturated carbocycles. The highest BCUT2D eigenvalue weighted by Crippen LogP contribution is 2.49. The third-order valence-electron chi connectivity index (χ3n) is 3.59. The lowest BCUT2D eigenvalue weighted by molar-refractivity contribution is -0.166. The zero-order chi connectivity index (χ0) is 12.1. The molecule has 0 radical (unpaired) electrons. The number of hydrogen-bond acceptors (Lipinski definition) is 2. The van der Waals surface area contributed by atoms with Crippen LogP contribution in [0.5, 0.6) is 0 Å². The first-order valence-electron chi connectivity index (χ1n) is 5.84. The number of rotatable bonds is 4. The molecule has 0 unspecified atom stereocenters. The van der Waals surface area contributed by atoms with Crippen LogP contribution in [0, 0.1) is 0 Å². The second kappa shape index (κ2) is 3.48. The molecule has 3 nitrogen and oxygen atoms in total. The third kappa shape index (κ3) is 1.94. The van der Waals surface area contributed by atoms with E-state index in [1.807, 2.05) is 4.57 Å². The third-order valence-corrected chi connectivity index (χ3v) is 3.59. The molecule has 6 heteroatoms. The predicted octanol–water partition coefficient (Wildman–Crippen LogP) is 2.40. The Balaban J connectivity index is 1.66. The summed E-state index contributed by atoms with van der Waals surface area (Å²) in [6.07, 6.45) is 1.81. The number of nitrogens with one attached hydrogen (secondary N) is 1. The van der Waals surface area contributed by atoms with Crippen LogP contribution in [0.4, 0.5) is 13.2 Å². The Labute approximate surface area is 97.0 Å². The maximum absolute atomic E-state index is 12.7. The van der Waals surface area contributed by atoms with Crippen LogP contribution in [0.2, 0.25) is 0 Å². The largest absolute Gasteiger partial charge is 0.406 e. The fourth-order valence-corrected chi connectivity index (χ4v) is 2.10. The van der Waals surface area contributed by atoms with Crippen LogP contribution < -0.4 is 5.32 Å². The van der Waals surface area contributed by atoms with Crippen molar-refractivity contribution in [3.63, 3.8) is 0 Å². The van der Waals surface area contributed by atoms with Gasteiger partial charge in [0.1, 0.15) is 5.54 Å². The lowest BCUT2D eigenvalue weighted by atomic mass is 10.2. The molecule has 94 valence electrons. The number of imidazole rings is 1. The van der Waals surface area contributed by atoms with E-state index in [2.05, 4.69) is 10.3 Å². The van der Waals surface area contributed by atoms with Gasteiger partial charge in [-0.15, -0.1) is 0 Å². The van der Waals surface area contributed by atoms with E-state index in [9.17, 15) is 13.2 Å². The number of alkyl halides is 3. The van der Waals surface area contributed by atoms with Gasteiger partial charge in [0.05, 0.1) is 12.0 Å². The zero-order valence-electron chi connectivity index (χ0n) is 9.30. The highest BCUT2D eigenvalue weighted by Gasteiger charge is 2.63. The molecule has 2 aliphatic rings. The normalized spacial score (nSPS) is 22.8. The highest BCUT2D eigenvalue weighted by molar-refractivity contribution is 5.11. The average Bonchev–Trinajstić information content (AvgIpc) is 3.15. The van der Waals surface area contributed by atoms with Crippen molar-refractivity contribution in [1.82, 2.24) is 14.9 Å². The van der Waals surface area contributed by atoms with Crippen LogP contribution >= 0.6 is 0 Å². The van der Waals surface area contributed by atoms with Crippen molar-refractivity contribution >= 4 is 0 Å². The molecule has 2 aliphatic carbocycles. The number of halogens is 3. The van der Waals surface area contributed by atoms with Gasteiger partial charge in [0, 0.05) is 18.8 Å². The Morgan fingerprint density at radius 2 is 2.12 bits per heavy atom. The molecular weight excluding hydrogens is 231 g/mol. The Hall–Kier alpha value is -1.04. The maximum atomic E-state index is 12.7. The molecule has 0 aliphatic heterocycles. The molecule has 1 heterocycles. The Kier molecular flexibility index (Phi) is 2.26. The van der Waals surface area contributed by atoms with Gasteiger partial charge >= 0.3 is 6.18 Å². The van der Waals surface area contributed by atoms with Gasteiger partial charge in [-0.05, 0) is 25.7 Å². The van der Waals surface area contributed by atoms with Crippen LogP contribution in [0.25, 0.3) is 0 Å². The van der Waals surface area contributed by atoms with E-state index in [0.717, 1.165) is 18.5 Å². The quantitative estimate of drug-likeness (QED) is 0.882. The van der Waals surface area contributed by atoms with Crippen molar-refractivity contribution in [2.75, 3.05) is 0 Å². The lowest BCUT2D eigenvalue weighted by Gasteiger charge is -2.21. The molecular formula is C11H14F3N3. The summed E-state index contributed by atoms with van der Waals surface area (Å²) in [4.78, 5) is 4.01. The van der Waals surface area contributed by atoms with Crippen molar-refractivity contribution in [2.24, 2.45) is 0 Å². The summed E-state index contributed by atoms with van der Waals surface area (Å²) in [5.41, 5.74) is -0.783. The van der Waals surface area contributed by atoms with E-state index in [0.29, 0.717) is 6.04 Å². The zero-order valence-corrected chi connectivity index (χ0v) is 9.30. The second-order valence-corrected chi connectivity index (χ2v) is 4.96. The fourth-order valence-electron chi connectivity index (χ4n) is 2.10. The molecule has 0 aromatic carbocycles. The van der Waals surface area contributed by atoms with Crippen LogP contribution in [-0.4, -0.2) is 21.3 Å². The van der Waals surface area contributed by atoms with Gasteiger partial charge in [0.25, 0.3) is 0 Å². The van der Waals surface area contributed by atoms with Gasteiger partial charge in [0.15, 0.2) is 0 Å². The van der Waals surface area contributed by atoms with E-state index >= 15 is 0 Å². The van der Waals surface area contributed by atoms with Gasteiger partial charge in [-0.3, -0.25) is 5.32 Å². The van der Waals surface area contributed by atoms with Gasteiger partial charge < -0.3 is 4.57 Å². The van der Waals surface area contributed by atoms with Crippen LogP contribution in [0.15, 0.2) is 12.5 Å². The average molecular weight is 245 g/mol. The van der Waals surface area contributed by atoms with E-state index in [1.54, 1.807) is 12.5 Å². The highest BCUT2D eigenvalue weighted by atomic mass is 19.4. The van der Waals surface area contributed by atoms with Gasteiger partial charge in [-0.1, -0.05) is 0 Å². The Bertz CT molecular complexity index is 416. The van der Waals surface area contributed by atoms with E-state index in [1.165, 1.54) is 0 Å². The molecule has 0 saturated heterocycles. The standard InChI is InChI=1S/C11H14F3N3/c12-11(13,14)10(3-4-10)16-6-9-5-15-7-17(9)8-1-2-8/h5,7-8,16H,1-4,6H2. The SMILES string of the molecule is FC(F)(F)C1(NCc2cncn2C2CC2)CC1. The summed E-state index contributed by atoms with van der Waals surface area (Å²) < 4.78 is 40.1. The minimum atomic E-state index is -4.14. The molecule has 17 heavy (non-hydrogen) atoms. The number of aromatic nitrogens is 2. The van der Waals surface area contributed by atoms with Crippen LogP contribution in [0.3, 0.4) is 0 Å². The van der Waals surface area contributed by atoms with E-state index in [-0.39, 0.29) is 19.4 Å². The van der Waals surface area contributed by atoms with Gasteiger partial charge in [0.2, 0.25) is 0 Å². The van der Waals surface area contributed by atoms with E-state index in [4.69, 9.17) is 0 Å². The Morgan fingerprint density at radius 3 is 2.65 bits per heavy atom. The molecule has 0 atom stereocenters. The summed E-state index contributed by atoms with van der Waals surface area (Å²) >= 11 is 0.